The van der Waals surface area contributed by atoms with E-state index in [2.05, 4.69) is 65.6 Å². The summed E-state index contributed by atoms with van der Waals surface area (Å²) in [6.45, 7) is 8.79. The summed E-state index contributed by atoms with van der Waals surface area (Å²) in [5.41, 5.74) is 2.85. The lowest BCUT2D eigenvalue weighted by atomic mass is 9.59. The number of carbonyl (C=O) groups excluding carboxylic acids is 1. The van der Waals surface area contributed by atoms with E-state index in [-0.39, 0.29) is 10.8 Å². The summed E-state index contributed by atoms with van der Waals surface area (Å²) in [5.74, 6) is 0. The zero-order valence-corrected chi connectivity index (χ0v) is 14.1. The van der Waals surface area contributed by atoms with Gasteiger partial charge in [0.15, 0.2) is 6.29 Å². The molecule has 0 bridgehead atoms. The van der Waals surface area contributed by atoms with E-state index in [4.69, 9.17) is 0 Å². The molecule has 0 fully saturated rings. The highest BCUT2D eigenvalue weighted by Gasteiger charge is 2.46. The molecule has 1 nitrogen and oxygen atoms in total. The van der Waals surface area contributed by atoms with Crippen molar-refractivity contribution < 1.29 is 4.79 Å². The number of rotatable bonds is 1. The predicted molar refractivity (Wildman–Crippen MR) is 82.9 cm³/mol. The van der Waals surface area contributed by atoms with Crippen LogP contribution >= 0.6 is 31.9 Å². The lowest BCUT2D eigenvalue weighted by molar-refractivity contribution is -0.103. The van der Waals surface area contributed by atoms with E-state index in [0.717, 1.165) is 26.4 Å². The Hall–Kier alpha value is -0.410. The maximum absolute atomic E-state index is 11.4. The normalized spacial score (nSPS) is 20.6. The van der Waals surface area contributed by atoms with Crippen LogP contribution in [0.1, 0.15) is 38.8 Å². The molecular weight excluding hydrogens is 356 g/mol. The molecule has 2 rings (SSSR count). The fourth-order valence-electron chi connectivity index (χ4n) is 2.45. The number of aldehydes is 1. The minimum absolute atomic E-state index is 0.0442. The highest BCUT2D eigenvalue weighted by Crippen LogP contribution is 2.55. The van der Waals surface area contributed by atoms with Crippen molar-refractivity contribution >= 4 is 43.7 Å². The van der Waals surface area contributed by atoms with E-state index in [9.17, 15) is 4.79 Å². The summed E-state index contributed by atoms with van der Waals surface area (Å²) in [5, 5.41) is 0. The lowest BCUT2D eigenvalue weighted by Crippen LogP contribution is -2.40. The number of hydrogen-bond acceptors (Lipinski definition) is 1. The number of allylic oxidation sites excluding steroid dienone is 2. The number of hydrogen-bond donors (Lipinski definition) is 0. The minimum atomic E-state index is -0.114. The van der Waals surface area contributed by atoms with Gasteiger partial charge in [0.05, 0.1) is 0 Å². The van der Waals surface area contributed by atoms with Gasteiger partial charge in [-0.2, -0.15) is 0 Å². The highest BCUT2D eigenvalue weighted by atomic mass is 79.9. The molecule has 96 valence electrons. The average molecular weight is 372 g/mol. The molecule has 0 heterocycles. The first-order valence-electron chi connectivity index (χ1n) is 5.89. The van der Waals surface area contributed by atoms with Crippen LogP contribution in [0.15, 0.2) is 27.2 Å². The first kappa shape index (κ1) is 14.0. The Kier molecular flexibility index (Phi) is 3.35. The van der Waals surface area contributed by atoms with Crippen LogP contribution in [-0.4, -0.2) is 6.29 Å². The highest BCUT2D eigenvalue weighted by molar-refractivity contribution is 9.12. The fourth-order valence-corrected chi connectivity index (χ4v) is 3.61. The van der Waals surface area contributed by atoms with Gasteiger partial charge in [-0.1, -0.05) is 65.6 Å². The molecule has 18 heavy (non-hydrogen) atoms. The fraction of sp³-hybridized carbons (Fsp3) is 0.400. The van der Waals surface area contributed by atoms with Gasteiger partial charge < -0.3 is 0 Å². The van der Waals surface area contributed by atoms with Gasteiger partial charge in [0.25, 0.3) is 0 Å². The van der Waals surface area contributed by atoms with Gasteiger partial charge in [0.2, 0.25) is 0 Å². The predicted octanol–water partition coefficient (Wildman–Crippen LogP) is 5.07. The first-order chi connectivity index (χ1) is 8.23. The number of fused-ring (bicyclic) bond motifs is 1. The molecule has 0 N–H and O–H groups in total. The monoisotopic (exact) mass is 370 g/mol. The quantitative estimate of drug-likeness (QED) is 0.629. The van der Waals surface area contributed by atoms with Gasteiger partial charge >= 0.3 is 0 Å². The Morgan fingerprint density at radius 3 is 2.22 bits per heavy atom. The van der Waals surface area contributed by atoms with Crippen LogP contribution in [-0.2, 0) is 10.2 Å². The zero-order valence-electron chi connectivity index (χ0n) is 11.0. The average Bonchev–Trinajstić information content (AvgIpc) is 2.29. The maximum Gasteiger partial charge on any atom is 0.151 e. The molecule has 0 aromatic heterocycles. The van der Waals surface area contributed by atoms with Crippen molar-refractivity contribution in [3.8, 4) is 0 Å². The molecule has 0 amide bonds. The summed E-state index contributed by atoms with van der Waals surface area (Å²) in [6, 6.07) is 6.12. The molecule has 0 spiro atoms. The van der Waals surface area contributed by atoms with Crippen molar-refractivity contribution in [1.29, 1.82) is 0 Å². The smallest absolute Gasteiger partial charge is 0.151 e. The Balaban J connectivity index is 2.87. The second-order valence-electron chi connectivity index (χ2n) is 5.79. The molecule has 3 heteroatoms. The van der Waals surface area contributed by atoms with Gasteiger partial charge in [-0.3, -0.25) is 4.79 Å². The Morgan fingerprint density at radius 1 is 1.06 bits per heavy atom. The van der Waals surface area contributed by atoms with Crippen LogP contribution in [0.3, 0.4) is 0 Å². The lowest BCUT2D eigenvalue weighted by Gasteiger charge is -2.47. The van der Waals surface area contributed by atoms with Crippen molar-refractivity contribution in [3.63, 3.8) is 0 Å². The third kappa shape index (κ3) is 1.75. The number of carbonyl (C=O) groups is 1. The molecule has 0 unspecified atom stereocenters. The Labute approximate surface area is 125 Å². The SMILES string of the molecule is CC1(C)C(Br)=C(C=O)c2ccc(Br)cc2C1(C)C. The van der Waals surface area contributed by atoms with E-state index in [1.54, 1.807) is 0 Å². The van der Waals surface area contributed by atoms with Gasteiger partial charge in [-0.15, -0.1) is 0 Å². The van der Waals surface area contributed by atoms with Crippen molar-refractivity contribution in [2.45, 2.75) is 33.1 Å². The zero-order chi connectivity index (χ0) is 13.7. The second-order valence-corrected chi connectivity index (χ2v) is 7.49. The second kappa shape index (κ2) is 4.31. The minimum Gasteiger partial charge on any atom is -0.298 e. The summed E-state index contributed by atoms with van der Waals surface area (Å²) in [4.78, 5) is 11.4. The molecule has 1 aliphatic rings. The van der Waals surface area contributed by atoms with Crippen LogP contribution in [0.2, 0.25) is 0 Å². The van der Waals surface area contributed by atoms with E-state index >= 15 is 0 Å². The molecule has 0 saturated heterocycles. The topological polar surface area (TPSA) is 17.1 Å². The molecule has 1 aromatic rings. The molecular formula is C15H16Br2O. The molecule has 0 radical (unpaired) electrons. The van der Waals surface area contributed by atoms with Gasteiger partial charge in [0.1, 0.15) is 0 Å². The van der Waals surface area contributed by atoms with Crippen LogP contribution in [0, 0.1) is 5.41 Å². The maximum atomic E-state index is 11.4. The van der Waals surface area contributed by atoms with Crippen LogP contribution in [0.4, 0.5) is 0 Å². The number of benzene rings is 1. The third-order valence-electron chi connectivity index (χ3n) is 4.41. The summed E-state index contributed by atoms with van der Waals surface area (Å²) < 4.78 is 2.04. The molecule has 0 atom stereocenters. The van der Waals surface area contributed by atoms with E-state index < -0.39 is 0 Å². The van der Waals surface area contributed by atoms with E-state index in [1.165, 1.54) is 5.56 Å². The van der Waals surface area contributed by atoms with Crippen molar-refractivity contribution in [2.24, 2.45) is 5.41 Å². The summed E-state index contributed by atoms with van der Waals surface area (Å²) >= 11 is 7.16. The first-order valence-corrected chi connectivity index (χ1v) is 7.48. The van der Waals surface area contributed by atoms with Crippen molar-refractivity contribution in [3.05, 3.63) is 38.3 Å². The van der Waals surface area contributed by atoms with Gasteiger partial charge in [-0.25, -0.2) is 0 Å². The largest absolute Gasteiger partial charge is 0.298 e. The Morgan fingerprint density at radius 2 is 1.67 bits per heavy atom. The number of halogens is 2. The molecule has 0 saturated carbocycles. The Bertz CT molecular complexity index is 554. The molecule has 0 aliphatic heterocycles. The summed E-state index contributed by atoms with van der Waals surface area (Å²) in [7, 11) is 0. The van der Waals surface area contributed by atoms with E-state index in [1.807, 2.05) is 12.1 Å². The van der Waals surface area contributed by atoms with Crippen LogP contribution in [0.25, 0.3) is 5.57 Å². The van der Waals surface area contributed by atoms with Crippen LogP contribution in [0.5, 0.6) is 0 Å². The standard InChI is InChI=1S/C15H16Br2O/c1-14(2)12-7-9(16)5-6-10(12)11(8-18)13(17)15(14,3)4/h5-8H,1-4H3. The van der Waals surface area contributed by atoms with Crippen molar-refractivity contribution in [2.75, 3.05) is 0 Å². The molecule has 1 aliphatic carbocycles. The summed E-state index contributed by atoms with van der Waals surface area (Å²) in [6.07, 6.45) is 0.952. The molecule has 1 aromatic carbocycles. The van der Waals surface area contributed by atoms with Gasteiger partial charge in [0, 0.05) is 19.9 Å². The third-order valence-corrected chi connectivity index (χ3v) is 6.32. The van der Waals surface area contributed by atoms with Gasteiger partial charge in [-0.05, 0) is 28.7 Å². The van der Waals surface area contributed by atoms with E-state index in [0.29, 0.717) is 0 Å². The van der Waals surface area contributed by atoms with Crippen molar-refractivity contribution in [1.82, 2.24) is 0 Å². The van der Waals surface area contributed by atoms with Crippen LogP contribution < -0.4 is 0 Å².